The van der Waals surface area contributed by atoms with Crippen LogP contribution < -0.4 is 5.32 Å². The van der Waals surface area contributed by atoms with Crippen LogP contribution in [-0.4, -0.2) is 25.9 Å². The van der Waals surface area contributed by atoms with E-state index in [2.05, 4.69) is 22.0 Å². The fourth-order valence-corrected chi connectivity index (χ4v) is 1.64. The summed E-state index contributed by atoms with van der Waals surface area (Å²) < 4.78 is 3.74. The van der Waals surface area contributed by atoms with Gasteiger partial charge in [-0.25, -0.2) is 9.67 Å². The van der Waals surface area contributed by atoms with Gasteiger partial charge in [-0.05, 0) is 0 Å². The maximum atomic E-state index is 4.27. The van der Waals surface area contributed by atoms with E-state index in [9.17, 15) is 0 Å². The zero-order valence-corrected chi connectivity index (χ0v) is 10.0. The fourth-order valence-electron chi connectivity index (χ4n) is 1.64. The first kappa shape index (κ1) is 11.6. The summed E-state index contributed by atoms with van der Waals surface area (Å²) in [5.74, 6) is 1.10. The average molecular weight is 231 g/mol. The summed E-state index contributed by atoms with van der Waals surface area (Å²) in [6.07, 6.45) is 10.2. The Morgan fingerprint density at radius 1 is 1.53 bits per heavy atom. The van der Waals surface area contributed by atoms with Crippen LogP contribution in [0, 0.1) is 0 Å². The molecule has 2 heterocycles. The molecule has 0 radical (unpaired) electrons. The Morgan fingerprint density at radius 3 is 3.06 bits per heavy atom. The number of imidazole rings is 1. The van der Waals surface area contributed by atoms with Gasteiger partial charge in [0.25, 0.3) is 0 Å². The van der Waals surface area contributed by atoms with Crippen LogP contribution in [0.5, 0.6) is 0 Å². The van der Waals surface area contributed by atoms with Gasteiger partial charge in [0.05, 0.1) is 6.20 Å². The quantitative estimate of drug-likeness (QED) is 0.756. The maximum Gasteiger partial charge on any atom is 0.109 e. The number of nitrogens with one attached hydrogen (secondary N) is 1. The van der Waals surface area contributed by atoms with Gasteiger partial charge in [-0.15, -0.1) is 0 Å². The molecular weight excluding hydrogens is 214 g/mol. The fraction of sp³-hybridized carbons (Fsp3) is 0.333. The highest BCUT2D eigenvalue weighted by molar-refractivity contribution is 5.17. The average Bonchev–Trinajstić information content (AvgIpc) is 2.94. The summed E-state index contributed by atoms with van der Waals surface area (Å²) in [6.45, 7) is 5.38. The summed E-state index contributed by atoms with van der Waals surface area (Å²) in [4.78, 5) is 4.27. The molecule has 0 bridgehead atoms. The Bertz CT molecular complexity index is 483. The molecule has 0 aliphatic heterocycles. The van der Waals surface area contributed by atoms with Gasteiger partial charge in [0.1, 0.15) is 5.82 Å². The van der Waals surface area contributed by atoms with Crippen molar-refractivity contribution in [1.82, 2.24) is 24.6 Å². The van der Waals surface area contributed by atoms with Gasteiger partial charge in [0, 0.05) is 56.9 Å². The number of aromatic nitrogens is 4. The van der Waals surface area contributed by atoms with Gasteiger partial charge in [-0.1, -0.05) is 6.58 Å². The molecule has 2 rings (SSSR count). The van der Waals surface area contributed by atoms with Crippen molar-refractivity contribution in [3.8, 4) is 0 Å². The monoisotopic (exact) mass is 231 g/mol. The van der Waals surface area contributed by atoms with E-state index in [1.165, 1.54) is 0 Å². The number of aryl methyl sites for hydroxylation is 1. The Kier molecular flexibility index (Phi) is 3.72. The Labute approximate surface area is 101 Å². The summed E-state index contributed by atoms with van der Waals surface area (Å²) in [5.41, 5.74) is 1.16. The second kappa shape index (κ2) is 5.45. The normalized spacial score (nSPS) is 10.6. The maximum absolute atomic E-state index is 4.27. The summed E-state index contributed by atoms with van der Waals surface area (Å²) in [5, 5.41) is 7.48. The molecule has 5 nitrogen and oxygen atoms in total. The minimum atomic E-state index is 0.818. The minimum absolute atomic E-state index is 0.818. The highest BCUT2D eigenvalue weighted by Crippen LogP contribution is 1.98. The van der Waals surface area contributed by atoms with Crippen LogP contribution >= 0.6 is 0 Å². The molecule has 0 aromatic carbocycles. The van der Waals surface area contributed by atoms with Crippen LogP contribution in [0.2, 0.25) is 0 Å². The van der Waals surface area contributed by atoms with Crippen molar-refractivity contribution in [2.75, 3.05) is 6.54 Å². The highest BCUT2D eigenvalue weighted by Gasteiger charge is 1.99. The van der Waals surface area contributed by atoms with Crippen LogP contribution in [0.1, 0.15) is 11.4 Å². The molecule has 1 N–H and O–H groups in total. The second-order valence-corrected chi connectivity index (χ2v) is 3.89. The lowest BCUT2D eigenvalue weighted by atomic mass is 10.3. The molecule has 0 aliphatic rings. The van der Waals surface area contributed by atoms with Gasteiger partial charge < -0.3 is 9.88 Å². The van der Waals surface area contributed by atoms with Gasteiger partial charge in [-0.2, -0.15) is 5.10 Å². The van der Waals surface area contributed by atoms with E-state index in [0.29, 0.717) is 0 Å². The van der Waals surface area contributed by atoms with E-state index in [0.717, 1.165) is 30.9 Å². The van der Waals surface area contributed by atoms with Crippen LogP contribution in [0.25, 0.3) is 6.20 Å². The van der Waals surface area contributed by atoms with Crippen molar-refractivity contribution in [1.29, 1.82) is 0 Å². The first-order valence-electron chi connectivity index (χ1n) is 5.62. The Hall–Kier alpha value is -1.88. The van der Waals surface area contributed by atoms with Crippen molar-refractivity contribution in [2.24, 2.45) is 7.05 Å². The minimum Gasteiger partial charge on any atom is -0.338 e. The van der Waals surface area contributed by atoms with Crippen LogP contribution in [0.3, 0.4) is 0 Å². The standard InChI is InChI=1S/C12H17N5/c1-3-17-10-11(9-15-17)8-13-5-4-12-14-6-7-16(12)2/h3,6-7,9-10,13H,1,4-5,8H2,2H3. The predicted molar refractivity (Wildman–Crippen MR) is 67.2 cm³/mol. The predicted octanol–water partition coefficient (Wildman–Crippen LogP) is 1.05. The lowest BCUT2D eigenvalue weighted by molar-refractivity contribution is 0.655. The van der Waals surface area contributed by atoms with E-state index in [1.807, 2.05) is 36.4 Å². The molecule has 0 unspecified atom stereocenters. The van der Waals surface area contributed by atoms with Crippen molar-refractivity contribution in [3.63, 3.8) is 0 Å². The van der Waals surface area contributed by atoms with Crippen LogP contribution in [0.15, 0.2) is 31.4 Å². The number of rotatable bonds is 6. The van der Waals surface area contributed by atoms with Crippen LogP contribution in [0.4, 0.5) is 0 Å². The third-order valence-corrected chi connectivity index (χ3v) is 2.62. The third kappa shape index (κ3) is 3.04. The SMILES string of the molecule is C=Cn1cc(CNCCc2nccn2C)cn1. The molecular formula is C12H17N5. The van der Waals surface area contributed by atoms with E-state index >= 15 is 0 Å². The van der Waals surface area contributed by atoms with Gasteiger partial charge in [-0.3, -0.25) is 0 Å². The molecule has 5 heteroatoms. The molecule has 17 heavy (non-hydrogen) atoms. The van der Waals surface area contributed by atoms with E-state index < -0.39 is 0 Å². The van der Waals surface area contributed by atoms with E-state index in [-0.39, 0.29) is 0 Å². The van der Waals surface area contributed by atoms with Gasteiger partial charge in [0.2, 0.25) is 0 Å². The first-order chi connectivity index (χ1) is 8.29. The van der Waals surface area contributed by atoms with Gasteiger partial charge in [0.15, 0.2) is 0 Å². The summed E-state index contributed by atoms with van der Waals surface area (Å²) in [7, 11) is 2.01. The topological polar surface area (TPSA) is 47.7 Å². The molecule has 0 fully saturated rings. The molecule has 0 amide bonds. The Balaban J connectivity index is 1.73. The molecule has 2 aromatic heterocycles. The van der Waals surface area contributed by atoms with Crippen molar-refractivity contribution in [3.05, 3.63) is 42.8 Å². The smallest absolute Gasteiger partial charge is 0.109 e. The molecule has 2 aromatic rings. The Morgan fingerprint density at radius 2 is 2.41 bits per heavy atom. The largest absolute Gasteiger partial charge is 0.338 e. The van der Waals surface area contributed by atoms with Gasteiger partial charge >= 0.3 is 0 Å². The molecule has 0 atom stereocenters. The number of nitrogens with zero attached hydrogens (tertiary/aromatic N) is 4. The zero-order valence-electron chi connectivity index (χ0n) is 10.0. The first-order valence-corrected chi connectivity index (χ1v) is 5.62. The molecule has 0 aliphatic carbocycles. The van der Waals surface area contributed by atoms with Crippen molar-refractivity contribution < 1.29 is 0 Å². The van der Waals surface area contributed by atoms with Crippen LogP contribution in [-0.2, 0) is 20.0 Å². The lowest BCUT2D eigenvalue weighted by Gasteiger charge is -2.03. The molecule has 90 valence electrons. The van der Waals surface area contributed by atoms with Crippen molar-refractivity contribution in [2.45, 2.75) is 13.0 Å². The molecule has 0 spiro atoms. The summed E-state index contributed by atoms with van der Waals surface area (Å²) in [6, 6.07) is 0. The lowest BCUT2D eigenvalue weighted by Crippen LogP contribution is -2.17. The number of hydrogen-bond donors (Lipinski definition) is 1. The molecule has 0 saturated heterocycles. The number of hydrogen-bond acceptors (Lipinski definition) is 3. The van der Waals surface area contributed by atoms with Crippen molar-refractivity contribution >= 4 is 6.20 Å². The summed E-state index contributed by atoms with van der Waals surface area (Å²) >= 11 is 0. The second-order valence-electron chi connectivity index (χ2n) is 3.89. The van der Waals surface area contributed by atoms with E-state index in [1.54, 1.807) is 10.9 Å². The third-order valence-electron chi connectivity index (χ3n) is 2.62. The van der Waals surface area contributed by atoms with E-state index in [4.69, 9.17) is 0 Å². The zero-order chi connectivity index (χ0) is 12.1. The highest BCUT2D eigenvalue weighted by atomic mass is 15.2. The molecule has 0 saturated carbocycles.